The molecule has 3 aromatic carbocycles. The Kier molecular flexibility index (Phi) is 8.09. The number of hydrogen-bond acceptors (Lipinski definition) is 7. The number of aryl methyl sites for hydroxylation is 1. The number of benzene rings is 3. The Labute approximate surface area is 265 Å². The van der Waals surface area contributed by atoms with Crippen LogP contribution in [0.1, 0.15) is 54.0 Å². The van der Waals surface area contributed by atoms with Crippen LogP contribution < -0.4 is 16.2 Å². The van der Waals surface area contributed by atoms with Crippen LogP contribution in [0.5, 0.6) is 0 Å². The van der Waals surface area contributed by atoms with Gasteiger partial charge in [-0.3, -0.25) is 14.9 Å². The van der Waals surface area contributed by atoms with E-state index in [0.29, 0.717) is 51.1 Å². The number of sulfone groups is 1. The van der Waals surface area contributed by atoms with Gasteiger partial charge in [0.2, 0.25) is 5.91 Å². The highest BCUT2D eigenvalue weighted by Gasteiger charge is 2.38. The second kappa shape index (κ2) is 11.9. The van der Waals surface area contributed by atoms with E-state index in [2.05, 4.69) is 15.6 Å². The molecule has 1 aromatic heterocycles. The molecule has 2 atom stereocenters. The number of nitrogens with zero attached hydrogens (tertiary/aromatic N) is 1. The fourth-order valence-corrected chi connectivity index (χ4v) is 7.90. The lowest BCUT2D eigenvalue weighted by atomic mass is 9.93. The molecular formula is C33H33ClN4O6S. The highest BCUT2D eigenvalue weighted by molar-refractivity contribution is 7.92. The summed E-state index contributed by atoms with van der Waals surface area (Å²) in [5.41, 5.74) is 3.50. The third kappa shape index (κ3) is 6.14. The number of aromatic nitrogens is 1. The van der Waals surface area contributed by atoms with E-state index < -0.39 is 27.2 Å². The van der Waals surface area contributed by atoms with Gasteiger partial charge in [0.25, 0.3) is 5.56 Å². The third-order valence-corrected chi connectivity index (χ3v) is 11.1. The standard InChI is InChI=1S/C33H33ClN4O6S/c1-18-12-20-4-9-25(18)19(2)17-44-33(41)37-22-6-11-29(45(42,43)24-7-8-24)21(13-22)16-38(3)32(40)30(20)36-23-5-10-26-27(14-23)31(39)35-15-28(26)34/h4-6,9-15,19,24,30,36H,7-8,16-17H2,1-3H3,(H,35,39)(H,37,41)/t19-,30+/m0/s1. The number of halogens is 1. The average molecular weight is 649 g/mol. The van der Waals surface area contributed by atoms with E-state index >= 15 is 0 Å². The molecule has 2 aliphatic heterocycles. The molecule has 3 aliphatic rings. The van der Waals surface area contributed by atoms with Crippen LogP contribution in [0.4, 0.5) is 16.2 Å². The molecule has 2 amide bonds. The smallest absolute Gasteiger partial charge is 0.411 e. The molecule has 3 N–H and O–H groups in total. The Morgan fingerprint density at radius 2 is 1.78 bits per heavy atom. The lowest BCUT2D eigenvalue weighted by Gasteiger charge is -2.28. The first-order valence-electron chi connectivity index (χ1n) is 14.7. The Morgan fingerprint density at radius 3 is 2.51 bits per heavy atom. The van der Waals surface area contributed by atoms with E-state index in [1.807, 2.05) is 32.0 Å². The molecule has 0 radical (unpaired) electrons. The Balaban J connectivity index is 1.44. The Bertz CT molecular complexity index is 2010. The second-order valence-electron chi connectivity index (χ2n) is 11.8. The van der Waals surface area contributed by atoms with Gasteiger partial charge < -0.3 is 19.9 Å². The van der Waals surface area contributed by atoms with Crippen molar-refractivity contribution in [2.45, 2.75) is 55.3 Å². The van der Waals surface area contributed by atoms with E-state index in [1.54, 1.807) is 31.3 Å². The number of H-pyrrole nitrogens is 1. The molecular weight excluding hydrogens is 616 g/mol. The fourth-order valence-electron chi connectivity index (χ4n) is 5.81. The van der Waals surface area contributed by atoms with Gasteiger partial charge in [-0.05, 0) is 72.4 Å². The maximum Gasteiger partial charge on any atom is 0.411 e. The van der Waals surface area contributed by atoms with Gasteiger partial charge in [-0.25, -0.2) is 13.2 Å². The summed E-state index contributed by atoms with van der Waals surface area (Å²) in [4.78, 5) is 43.8. The first-order valence-corrected chi connectivity index (χ1v) is 16.6. The molecule has 1 aliphatic carbocycles. The number of anilines is 2. The minimum absolute atomic E-state index is 0.0377. The van der Waals surface area contributed by atoms with E-state index in [4.69, 9.17) is 16.3 Å². The number of rotatable bonds is 4. The summed E-state index contributed by atoms with van der Waals surface area (Å²) in [5.74, 6) is -0.462. The van der Waals surface area contributed by atoms with Crippen molar-refractivity contribution in [3.05, 3.63) is 98.4 Å². The molecule has 0 spiro atoms. The summed E-state index contributed by atoms with van der Waals surface area (Å²) < 4.78 is 32.3. The van der Waals surface area contributed by atoms with Gasteiger partial charge in [0.15, 0.2) is 9.84 Å². The summed E-state index contributed by atoms with van der Waals surface area (Å²) in [6.07, 6.45) is 1.95. The van der Waals surface area contributed by atoms with Crippen molar-refractivity contribution < 1.29 is 22.7 Å². The van der Waals surface area contributed by atoms with Gasteiger partial charge >= 0.3 is 6.09 Å². The molecule has 4 aromatic rings. The van der Waals surface area contributed by atoms with Crippen molar-refractivity contribution in [1.29, 1.82) is 0 Å². The predicted molar refractivity (Wildman–Crippen MR) is 174 cm³/mol. The van der Waals surface area contributed by atoms with Crippen molar-refractivity contribution in [3.63, 3.8) is 0 Å². The largest absolute Gasteiger partial charge is 0.449 e. The lowest BCUT2D eigenvalue weighted by molar-refractivity contribution is -0.131. The second-order valence-corrected chi connectivity index (χ2v) is 14.4. The summed E-state index contributed by atoms with van der Waals surface area (Å²) in [5, 5.41) is 6.91. The number of aromatic amines is 1. The van der Waals surface area contributed by atoms with Crippen molar-refractivity contribution in [3.8, 4) is 0 Å². The molecule has 10 nitrogen and oxygen atoms in total. The molecule has 1 fully saturated rings. The van der Waals surface area contributed by atoms with E-state index in [1.165, 1.54) is 23.2 Å². The summed E-state index contributed by atoms with van der Waals surface area (Å²) >= 11 is 6.30. The third-order valence-electron chi connectivity index (χ3n) is 8.39. The van der Waals surface area contributed by atoms with Gasteiger partial charge in [0, 0.05) is 42.5 Å². The molecule has 1 saturated carbocycles. The maximum atomic E-state index is 14.3. The zero-order valence-electron chi connectivity index (χ0n) is 25.0. The number of hydrogen-bond donors (Lipinski definition) is 3. The van der Waals surface area contributed by atoms with Crippen LogP contribution in [0, 0.1) is 6.92 Å². The maximum absolute atomic E-state index is 14.3. The molecule has 0 saturated heterocycles. The first kappa shape index (κ1) is 30.7. The van der Waals surface area contributed by atoms with Crippen LogP contribution in [0.3, 0.4) is 0 Å². The van der Waals surface area contributed by atoms with Crippen LogP contribution in [-0.4, -0.2) is 49.2 Å². The minimum Gasteiger partial charge on any atom is -0.449 e. The van der Waals surface area contributed by atoms with Crippen LogP contribution >= 0.6 is 11.6 Å². The highest BCUT2D eigenvalue weighted by atomic mass is 35.5. The van der Waals surface area contributed by atoms with Gasteiger partial charge in [0.05, 0.1) is 27.2 Å². The van der Waals surface area contributed by atoms with E-state index in [-0.39, 0.29) is 35.4 Å². The molecule has 12 heteroatoms. The Morgan fingerprint density at radius 1 is 1.00 bits per heavy atom. The number of carbonyl (C=O) groups excluding carboxylic acids is 2. The highest BCUT2D eigenvalue weighted by Crippen LogP contribution is 2.37. The number of ether oxygens (including phenoxy) is 1. The van der Waals surface area contributed by atoms with E-state index in [9.17, 15) is 22.8 Å². The lowest BCUT2D eigenvalue weighted by Crippen LogP contribution is -2.35. The molecule has 7 rings (SSSR count). The molecule has 45 heavy (non-hydrogen) atoms. The van der Waals surface area contributed by atoms with Gasteiger partial charge in [-0.15, -0.1) is 0 Å². The number of likely N-dealkylation sites (N-methyl/N-ethyl adjacent to an activating group) is 1. The molecule has 4 bridgehead atoms. The number of fused-ring (bicyclic) bond motifs is 10. The van der Waals surface area contributed by atoms with Crippen LogP contribution in [0.2, 0.25) is 5.02 Å². The summed E-state index contributed by atoms with van der Waals surface area (Å²) in [6, 6.07) is 14.5. The fraction of sp³-hybridized carbons (Fsp3) is 0.303. The van der Waals surface area contributed by atoms with E-state index in [0.717, 1.165) is 11.1 Å². The normalized spacial score (nSPS) is 19.3. The number of nitrogens with one attached hydrogen (secondary N) is 3. The zero-order chi connectivity index (χ0) is 32.0. The van der Waals surface area contributed by atoms with Crippen molar-refractivity contribution in [1.82, 2.24) is 9.88 Å². The van der Waals surface area contributed by atoms with Crippen LogP contribution in [-0.2, 0) is 25.9 Å². The minimum atomic E-state index is -3.62. The molecule has 3 heterocycles. The summed E-state index contributed by atoms with van der Waals surface area (Å²) in [6.45, 7) is 3.95. The monoisotopic (exact) mass is 648 g/mol. The van der Waals surface area contributed by atoms with Gasteiger partial charge in [0.1, 0.15) is 6.04 Å². The van der Waals surface area contributed by atoms with Crippen LogP contribution in [0.15, 0.2) is 70.5 Å². The number of pyridine rings is 1. The molecule has 234 valence electrons. The predicted octanol–water partition coefficient (Wildman–Crippen LogP) is 5.90. The molecule has 0 unspecified atom stereocenters. The van der Waals surface area contributed by atoms with Crippen molar-refractivity contribution in [2.24, 2.45) is 0 Å². The van der Waals surface area contributed by atoms with Crippen LogP contribution in [0.25, 0.3) is 10.8 Å². The van der Waals surface area contributed by atoms with Crippen molar-refractivity contribution in [2.75, 3.05) is 24.3 Å². The van der Waals surface area contributed by atoms with Gasteiger partial charge in [-0.2, -0.15) is 0 Å². The zero-order valence-corrected chi connectivity index (χ0v) is 26.6. The first-order chi connectivity index (χ1) is 21.4. The quantitative estimate of drug-likeness (QED) is 0.250. The SMILES string of the molecule is Cc1cc2ccc1[C@@H](C)COC(=O)Nc1ccc(S(=O)(=O)C3CC3)c(c1)CN(C)C(=O)[C@@H]2Nc1ccc2c(Cl)c[nH]c(=O)c2c1. The number of amides is 2. The Hall–Kier alpha value is -4.35. The number of carbonyl (C=O) groups is 2. The van der Waals surface area contributed by atoms with Gasteiger partial charge in [-0.1, -0.05) is 42.8 Å². The topological polar surface area (TPSA) is 138 Å². The average Bonchev–Trinajstić information content (AvgIpc) is 3.86. The summed E-state index contributed by atoms with van der Waals surface area (Å²) in [7, 11) is -2.01. The van der Waals surface area contributed by atoms with Crippen molar-refractivity contribution >= 4 is 55.6 Å².